The molecule has 0 amide bonds. The van der Waals surface area contributed by atoms with Gasteiger partial charge in [0.1, 0.15) is 23.5 Å². The number of hydrogen-bond acceptors (Lipinski definition) is 4. The highest BCUT2D eigenvalue weighted by Gasteiger charge is 2.24. The minimum atomic E-state index is 0.500. The summed E-state index contributed by atoms with van der Waals surface area (Å²) >= 11 is 0. The van der Waals surface area contributed by atoms with Crippen LogP contribution in [0.15, 0.2) is 0 Å². The molecule has 1 saturated heterocycles. The van der Waals surface area contributed by atoms with Crippen molar-refractivity contribution in [2.45, 2.75) is 51.4 Å². The van der Waals surface area contributed by atoms with Gasteiger partial charge >= 0.3 is 0 Å². The highest BCUT2D eigenvalue weighted by molar-refractivity contribution is 5.65. The number of nitrogens with zero attached hydrogens (tertiary/aromatic N) is 4. The summed E-state index contributed by atoms with van der Waals surface area (Å²) in [7, 11) is 0. The third-order valence-electron chi connectivity index (χ3n) is 4.58. The molecule has 1 aromatic heterocycles. The number of pyridine rings is 1. The van der Waals surface area contributed by atoms with Crippen molar-refractivity contribution < 1.29 is 0 Å². The minimum absolute atomic E-state index is 0.500. The summed E-state index contributed by atoms with van der Waals surface area (Å²) in [6.45, 7) is 1.90. The third kappa shape index (κ3) is 2.59. The van der Waals surface area contributed by atoms with Crippen molar-refractivity contribution in [3.05, 3.63) is 22.4 Å². The molecule has 108 valence electrons. The first-order valence-corrected chi connectivity index (χ1v) is 7.96. The van der Waals surface area contributed by atoms with Gasteiger partial charge in [-0.15, -0.1) is 0 Å². The average molecular weight is 280 g/mol. The van der Waals surface area contributed by atoms with E-state index in [2.05, 4.69) is 17.0 Å². The van der Waals surface area contributed by atoms with Gasteiger partial charge in [-0.2, -0.15) is 10.5 Å². The summed E-state index contributed by atoms with van der Waals surface area (Å²) in [5, 5.41) is 19.1. The van der Waals surface area contributed by atoms with Crippen LogP contribution in [-0.4, -0.2) is 18.1 Å². The van der Waals surface area contributed by atoms with Crippen molar-refractivity contribution in [1.82, 2.24) is 4.98 Å². The van der Waals surface area contributed by atoms with E-state index in [-0.39, 0.29) is 0 Å². The number of hydrogen-bond donors (Lipinski definition) is 0. The van der Waals surface area contributed by atoms with Crippen molar-refractivity contribution in [3.8, 4) is 12.1 Å². The SMILES string of the molecule is N#Cc1c(N2CCCCC2)nc2c(c1C#N)CCCCC2. The van der Waals surface area contributed by atoms with Crippen LogP contribution in [0.25, 0.3) is 0 Å². The van der Waals surface area contributed by atoms with Crippen LogP contribution in [0.3, 0.4) is 0 Å². The first kappa shape index (κ1) is 13.9. The second kappa shape index (κ2) is 6.14. The summed E-state index contributed by atoms with van der Waals surface area (Å²) < 4.78 is 0. The summed E-state index contributed by atoms with van der Waals surface area (Å²) in [5.41, 5.74) is 3.18. The van der Waals surface area contributed by atoms with Crippen molar-refractivity contribution in [1.29, 1.82) is 10.5 Å². The number of anilines is 1. The van der Waals surface area contributed by atoms with Gasteiger partial charge in [0.15, 0.2) is 0 Å². The number of rotatable bonds is 1. The molecule has 4 heteroatoms. The molecule has 3 rings (SSSR count). The molecular weight excluding hydrogens is 260 g/mol. The number of aryl methyl sites for hydroxylation is 1. The number of aromatic nitrogens is 1. The maximum atomic E-state index is 9.57. The predicted octanol–water partition coefficient (Wildman–Crippen LogP) is 3.08. The molecule has 2 heterocycles. The number of nitriles is 2. The van der Waals surface area contributed by atoms with E-state index in [1.165, 1.54) is 12.8 Å². The normalized spacial score (nSPS) is 18.3. The summed E-state index contributed by atoms with van der Waals surface area (Å²) in [6, 6.07) is 4.55. The van der Waals surface area contributed by atoms with Gasteiger partial charge in [0.05, 0.1) is 5.56 Å². The highest BCUT2D eigenvalue weighted by atomic mass is 15.2. The molecule has 0 atom stereocenters. The van der Waals surface area contributed by atoms with Gasteiger partial charge in [-0.05, 0) is 50.5 Å². The molecule has 0 saturated carbocycles. The van der Waals surface area contributed by atoms with Gasteiger partial charge in [0, 0.05) is 18.8 Å². The van der Waals surface area contributed by atoms with Gasteiger partial charge in [0.2, 0.25) is 0 Å². The van der Waals surface area contributed by atoms with E-state index in [0.717, 1.165) is 68.7 Å². The average Bonchev–Trinajstić information content (AvgIpc) is 2.79. The van der Waals surface area contributed by atoms with Crippen LogP contribution in [-0.2, 0) is 12.8 Å². The van der Waals surface area contributed by atoms with Crippen LogP contribution >= 0.6 is 0 Å². The maximum Gasteiger partial charge on any atom is 0.148 e. The van der Waals surface area contributed by atoms with Crippen LogP contribution < -0.4 is 4.90 Å². The summed E-state index contributed by atoms with van der Waals surface area (Å²) in [4.78, 5) is 7.03. The van der Waals surface area contributed by atoms with Crippen molar-refractivity contribution in [2.24, 2.45) is 0 Å². The van der Waals surface area contributed by atoms with Gasteiger partial charge in [-0.25, -0.2) is 4.98 Å². The Morgan fingerprint density at radius 2 is 1.48 bits per heavy atom. The quantitative estimate of drug-likeness (QED) is 0.742. The van der Waals surface area contributed by atoms with E-state index in [1.807, 2.05) is 0 Å². The Kier molecular flexibility index (Phi) is 4.06. The van der Waals surface area contributed by atoms with E-state index < -0.39 is 0 Å². The van der Waals surface area contributed by atoms with Crippen LogP contribution in [0.5, 0.6) is 0 Å². The van der Waals surface area contributed by atoms with E-state index in [1.54, 1.807) is 0 Å². The smallest absolute Gasteiger partial charge is 0.148 e. The molecule has 1 aliphatic heterocycles. The zero-order chi connectivity index (χ0) is 14.7. The molecule has 0 spiro atoms. The lowest BCUT2D eigenvalue weighted by Crippen LogP contribution is -2.31. The third-order valence-corrected chi connectivity index (χ3v) is 4.58. The highest BCUT2D eigenvalue weighted by Crippen LogP contribution is 2.31. The van der Waals surface area contributed by atoms with Crippen LogP contribution in [0.2, 0.25) is 0 Å². The molecule has 2 aliphatic rings. The first-order valence-electron chi connectivity index (χ1n) is 7.96. The number of piperidine rings is 1. The van der Waals surface area contributed by atoms with Crippen LogP contribution in [0.4, 0.5) is 5.82 Å². The zero-order valence-corrected chi connectivity index (χ0v) is 12.4. The zero-order valence-electron chi connectivity index (χ0n) is 12.4. The summed E-state index contributed by atoms with van der Waals surface area (Å²) in [6.07, 6.45) is 8.78. The molecular formula is C17H20N4. The molecule has 4 nitrogen and oxygen atoms in total. The largest absolute Gasteiger partial charge is 0.355 e. The fraction of sp³-hybridized carbons (Fsp3) is 0.588. The fourth-order valence-corrected chi connectivity index (χ4v) is 3.47. The topological polar surface area (TPSA) is 63.7 Å². The van der Waals surface area contributed by atoms with Crippen molar-refractivity contribution >= 4 is 5.82 Å². The minimum Gasteiger partial charge on any atom is -0.355 e. The molecule has 1 fully saturated rings. The Morgan fingerprint density at radius 3 is 2.19 bits per heavy atom. The van der Waals surface area contributed by atoms with E-state index in [9.17, 15) is 10.5 Å². The molecule has 0 bridgehead atoms. The second-order valence-electron chi connectivity index (χ2n) is 5.94. The van der Waals surface area contributed by atoms with Gasteiger partial charge < -0.3 is 4.90 Å². The molecule has 0 radical (unpaired) electrons. The molecule has 1 aliphatic carbocycles. The van der Waals surface area contributed by atoms with E-state index in [4.69, 9.17) is 4.98 Å². The Labute approximate surface area is 126 Å². The molecule has 0 unspecified atom stereocenters. The van der Waals surface area contributed by atoms with Gasteiger partial charge in [0.25, 0.3) is 0 Å². The molecule has 0 N–H and O–H groups in total. The number of fused-ring (bicyclic) bond motifs is 1. The monoisotopic (exact) mass is 280 g/mol. The lowest BCUT2D eigenvalue weighted by Gasteiger charge is -2.29. The Balaban J connectivity index is 2.13. The fourth-order valence-electron chi connectivity index (χ4n) is 3.47. The van der Waals surface area contributed by atoms with Crippen molar-refractivity contribution in [2.75, 3.05) is 18.0 Å². The van der Waals surface area contributed by atoms with Gasteiger partial charge in [-0.3, -0.25) is 0 Å². The Morgan fingerprint density at radius 1 is 0.810 bits per heavy atom. The van der Waals surface area contributed by atoms with E-state index >= 15 is 0 Å². The van der Waals surface area contributed by atoms with E-state index in [0.29, 0.717) is 11.1 Å². The summed E-state index contributed by atoms with van der Waals surface area (Å²) in [5.74, 6) is 0.759. The van der Waals surface area contributed by atoms with Gasteiger partial charge in [-0.1, -0.05) is 6.42 Å². The molecule has 21 heavy (non-hydrogen) atoms. The predicted molar refractivity (Wildman–Crippen MR) is 81.0 cm³/mol. The standard InChI is InChI=1S/C17H20N4/c18-11-14-13-7-3-1-4-8-16(13)20-17(15(14)12-19)21-9-5-2-6-10-21/h1-10H2. The second-order valence-corrected chi connectivity index (χ2v) is 5.94. The Bertz CT molecular complexity index is 615. The van der Waals surface area contributed by atoms with Crippen molar-refractivity contribution in [3.63, 3.8) is 0 Å². The Hall–Kier alpha value is -2.07. The molecule has 1 aromatic rings. The first-order chi connectivity index (χ1) is 10.3. The lowest BCUT2D eigenvalue weighted by atomic mass is 9.97. The lowest BCUT2D eigenvalue weighted by molar-refractivity contribution is 0.572. The molecule has 0 aromatic carbocycles. The maximum absolute atomic E-state index is 9.57. The van der Waals surface area contributed by atoms with Crippen LogP contribution in [0, 0.1) is 22.7 Å². The van der Waals surface area contributed by atoms with Crippen LogP contribution in [0.1, 0.15) is 60.9 Å².